The molecule has 0 saturated heterocycles. The summed E-state index contributed by atoms with van der Waals surface area (Å²) in [5.41, 5.74) is 1.79. The van der Waals surface area contributed by atoms with E-state index in [4.69, 9.17) is 0 Å². The molecule has 3 aromatic heterocycles. The van der Waals surface area contributed by atoms with Gasteiger partial charge in [0.05, 0.1) is 29.6 Å². The fourth-order valence-electron chi connectivity index (χ4n) is 2.78. The van der Waals surface area contributed by atoms with E-state index < -0.39 is 12.6 Å². The number of fused-ring (bicyclic) bond motifs is 1. The third kappa shape index (κ3) is 5.25. The third-order valence-corrected chi connectivity index (χ3v) is 5.52. The van der Waals surface area contributed by atoms with Crippen molar-refractivity contribution < 1.29 is 13.2 Å². The molecule has 0 aliphatic carbocycles. The van der Waals surface area contributed by atoms with E-state index in [0.29, 0.717) is 27.7 Å². The molecule has 0 amide bonds. The van der Waals surface area contributed by atoms with Crippen LogP contribution in [0.25, 0.3) is 22.3 Å². The number of halogens is 3. The summed E-state index contributed by atoms with van der Waals surface area (Å²) >= 11 is 2.36. The number of nitrogens with one attached hydrogen (secondary N) is 1. The minimum absolute atomic E-state index is 0.104. The molecule has 1 N–H and O–H groups in total. The van der Waals surface area contributed by atoms with Gasteiger partial charge in [-0.05, 0) is 38.3 Å². The van der Waals surface area contributed by atoms with Crippen LogP contribution in [0.4, 0.5) is 18.9 Å². The van der Waals surface area contributed by atoms with Crippen LogP contribution in [0, 0.1) is 0 Å². The van der Waals surface area contributed by atoms with Crippen molar-refractivity contribution in [3.8, 4) is 11.3 Å². The van der Waals surface area contributed by atoms with Crippen LogP contribution in [-0.2, 0) is 0 Å². The van der Waals surface area contributed by atoms with Gasteiger partial charge in [-0.3, -0.25) is 14.3 Å². The van der Waals surface area contributed by atoms with Gasteiger partial charge in [-0.25, -0.2) is 9.97 Å². The summed E-state index contributed by atoms with van der Waals surface area (Å²) in [5.74, 6) is -0.104. The van der Waals surface area contributed by atoms with E-state index in [1.165, 1.54) is 18.0 Å². The molecule has 0 aliphatic rings. The van der Waals surface area contributed by atoms with Gasteiger partial charge in [0.1, 0.15) is 5.65 Å². The number of nitrogens with zero attached hydrogens (tertiary/aromatic N) is 4. The van der Waals surface area contributed by atoms with Crippen LogP contribution in [0.5, 0.6) is 0 Å². The van der Waals surface area contributed by atoms with Gasteiger partial charge in [0, 0.05) is 23.4 Å². The Kier molecular flexibility index (Phi) is 6.91. The van der Waals surface area contributed by atoms with Gasteiger partial charge in [0.2, 0.25) is 0 Å². The zero-order chi connectivity index (χ0) is 21.9. The van der Waals surface area contributed by atoms with Gasteiger partial charge in [-0.1, -0.05) is 23.7 Å². The SMILES string of the molecule is CSc1ncc2cc(-c3ccc(NSCCC(F)(F)F)cn3)c(=O)n(C(C)C)c2n1. The smallest absolute Gasteiger partial charge is 0.328 e. The third-order valence-electron chi connectivity index (χ3n) is 4.17. The second kappa shape index (κ2) is 9.25. The topological polar surface area (TPSA) is 72.7 Å². The normalized spacial score (nSPS) is 12.0. The Labute approximate surface area is 179 Å². The van der Waals surface area contributed by atoms with Crippen molar-refractivity contribution in [2.45, 2.75) is 37.6 Å². The van der Waals surface area contributed by atoms with Crippen LogP contribution >= 0.6 is 23.7 Å². The molecule has 6 nitrogen and oxygen atoms in total. The molecule has 3 rings (SSSR count). The average Bonchev–Trinajstić information content (AvgIpc) is 2.70. The summed E-state index contributed by atoms with van der Waals surface area (Å²) in [5, 5.41) is 1.31. The minimum Gasteiger partial charge on any atom is -0.328 e. The number of hydrogen-bond donors (Lipinski definition) is 1. The summed E-state index contributed by atoms with van der Waals surface area (Å²) in [7, 11) is 0. The lowest BCUT2D eigenvalue weighted by Crippen LogP contribution is -2.25. The quantitative estimate of drug-likeness (QED) is 0.228. The highest BCUT2D eigenvalue weighted by molar-refractivity contribution is 8.00. The van der Waals surface area contributed by atoms with E-state index in [-0.39, 0.29) is 17.4 Å². The molecule has 0 saturated carbocycles. The fourth-order valence-corrected chi connectivity index (χ4v) is 3.84. The van der Waals surface area contributed by atoms with Crippen LogP contribution in [0.2, 0.25) is 0 Å². The first-order valence-electron chi connectivity index (χ1n) is 9.07. The predicted octanol–water partition coefficient (Wildman–Crippen LogP) is 5.17. The van der Waals surface area contributed by atoms with Crippen molar-refractivity contribution in [2.24, 2.45) is 0 Å². The first-order valence-corrected chi connectivity index (χ1v) is 11.3. The number of rotatable bonds is 7. The van der Waals surface area contributed by atoms with Crippen molar-refractivity contribution in [2.75, 3.05) is 16.7 Å². The molecule has 0 unspecified atom stereocenters. The lowest BCUT2D eigenvalue weighted by atomic mass is 10.1. The van der Waals surface area contributed by atoms with Gasteiger partial charge >= 0.3 is 6.18 Å². The van der Waals surface area contributed by atoms with Crippen LogP contribution in [-0.4, -0.2) is 37.7 Å². The van der Waals surface area contributed by atoms with Gasteiger partial charge < -0.3 is 4.72 Å². The lowest BCUT2D eigenvalue weighted by Gasteiger charge is -2.15. The largest absolute Gasteiger partial charge is 0.389 e. The van der Waals surface area contributed by atoms with Gasteiger partial charge in [0.25, 0.3) is 5.56 Å². The molecule has 11 heteroatoms. The van der Waals surface area contributed by atoms with Gasteiger partial charge in [-0.15, -0.1) is 0 Å². The number of thioether (sulfide) groups is 1. The van der Waals surface area contributed by atoms with Gasteiger partial charge in [-0.2, -0.15) is 13.2 Å². The second-order valence-electron chi connectivity index (χ2n) is 6.71. The number of alkyl halides is 3. The Morgan fingerprint density at radius 1 is 1.20 bits per heavy atom. The highest BCUT2D eigenvalue weighted by atomic mass is 32.2. The Bertz CT molecular complexity index is 1080. The van der Waals surface area contributed by atoms with Gasteiger partial charge in [0.15, 0.2) is 5.16 Å². The zero-order valence-electron chi connectivity index (χ0n) is 16.5. The molecule has 0 spiro atoms. The number of anilines is 1. The zero-order valence-corrected chi connectivity index (χ0v) is 18.2. The molecule has 3 aromatic rings. The van der Waals surface area contributed by atoms with Crippen LogP contribution in [0.15, 0.2) is 40.5 Å². The predicted molar refractivity (Wildman–Crippen MR) is 116 cm³/mol. The Hall–Kier alpha value is -2.27. The van der Waals surface area contributed by atoms with E-state index in [0.717, 1.165) is 17.3 Å². The van der Waals surface area contributed by atoms with E-state index >= 15 is 0 Å². The van der Waals surface area contributed by atoms with E-state index in [9.17, 15) is 18.0 Å². The standard InChI is InChI=1S/C19H20F3N5OS2/c1-11(2)27-16-12(9-24-18(25-16)29-3)8-14(17(27)28)15-5-4-13(10-23-15)26-30-7-6-19(20,21)22/h4-5,8-11,26H,6-7H2,1-3H3. The molecule has 30 heavy (non-hydrogen) atoms. The Morgan fingerprint density at radius 2 is 1.97 bits per heavy atom. The molecular formula is C19H20F3N5OS2. The van der Waals surface area contributed by atoms with E-state index in [1.54, 1.807) is 29.0 Å². The molecule has 160 valence electrons. The first kappa shape index (κ1) is 22.4. The molecule has 0 atom stereocenters. The number of hydrogen-bond acceptors (Lipinski definition) is 7. The molecule has 0 aliphatic heterocycles. The van der Waals surface area contributed by atoms with E-state index in [2.05, 4.69) is 19.7 Å². The van der Waals surface area contributed by atoms with Crippen molar-refractivity contribution in [1.29, 1.82) is 0 Å². The minimum atomic E-state index is -4.18. The van der Waals surface area contributed by atoms with Crippen molar-refractivity contribution in [3.63, 3.8) is 0 Å². The maximum atomic E-state index is 13.1. The number of aromatic nitrogens is 4. The van der Waals surface area contributed by atoms with Crippen molar-refractivity contribution in [3.05, 3.63) is 40.9 Å². The maximum Gasteiger partial charge on any atom is 0.389 e. The average molecular weight is 456 g/mol. The molecule has 3 heterocycles. The molecule has 0 aromatic carbocycles. The molecular weight excluding hydrogens is 435 g/mol. The van der Waals surface area contributed by atoms with E-state index in [1.807, 2.05) is 20.1 Å². The lowest BCUT2D eigenvalue weighted by molar-refractivity contribution is -0.129. The Morgan fingerprint density at radius 3 is 2.57 bits per heavy atom. The highest BCUT2D eigenvalue weighted by Gasteiger charge is 2.26. The highest BCUT2D eigenvalue weighted by Crippen LogP contribution is 2.25. The van der Waals surface area contributed by atoms with Crippen LogP contribution in [0.1, 0.15) is 26.3 Å². The maximum absolute atomic E-state index is 13.1. The first-order chi connectivity index (χ1) is 14.2. The molecule has 0 radical (unpaired) electrons. The monoisotopic (exact) mass is 455 g/mol. The molecule has 0 fully saturated rings. The van der Waals surface area contributed by atoms with Crippen LogP contribution in [0.3, 0.4) is 0 Å². The second-order valence-corrected chi connectivity index (χ2v) is 8.38. The summed E-state index contributed by atoms with van der Waals surface area (Å²) < 4.78 is 41.1. The summed E-state index contributed by atoms with van der Waals surface area (Å²) in [6.45, 7) is 3.81. The summed E-state index contributed by atoms with van der Waals surface area (Å²) in [4.78, 5) is 26.2. The number of pyridine rings is 2. The fraction of sp³-hybridized carbons (Fsp3) is 0.368. The summed E-state index contributed by atoms with van der Waals surface area (Å²) in [6, 6.07) is 4.95. The van der Waals surface area contributed by atoms with Crippen molar-refractivity contribution in [1.82, 2.24) is 19.5 Å². The Balaban J connectivity index is 1.89. The summed E-state index contributed by atoms with van der Waals surface area (Å²) in [6.07, 6.45) is -0.00408. The van der Waals surface area contributed by atoms with Crippen molar-refractivity contribution >= 4 is 40.4 Å². The molecule has 0 bridgehead atoms. The van der Waals surface area contributed by atoms with Crippen LogP contribution < -0.4 is 10.3 Å².